The summed E-state index contributed by atoms with van der Waals surface area (Å²) in [4.78, 5) is 28.4. The van der Waals surface area contributed by atoms with Crippen molar-refractivity contribution in [3.05, 3.63) is 40.4 Å². The van der Waals surface area contributed by atoms with Gasteiger partial charge in [0.15, 0.2) is 5.13 Å². The lowest BCUT2D eigenvalue weighted by Crippen LogP contribution is -2.30. The van der Waals surface area contributed by atoms with Crippen LogP contribution in [0.3, 0.4) is 0 Å². The van der Waals surface area contributed by atoms with E-state index in [1.165, 1.54) is 43.4 Å². The van der Waals surface area contributed by atoms with Crippen LogP contribution in [0.1, 0.15) is 42.6 Å². The van der Waals surface area contributed by atoms with Crippen molar-refractivity contribution in [2.24, 2.45) is 5.92 Å². The number of nitrogens with one attached hydrogen (secondary N) is 3. The molecular weight excluding hydrogens is 372 g/mol. The number of hydrogen-bond acceptors (Lipinski definition) is 4. The van der Waals surface area contributed by atoms with Crippen LogP contribution < -0.4 is 16.0 Å². The first-order chi connectivity index (χ1) is 12.6. The number of rotatable bonds is 5. The van der Waals surface area contributed by atoms with E-state index < -0.39 is 6.03 Å². The maximum Gasteiger partial charge on any atom is 0.325 e. The Bertz CT molecular complexity index is 774. The van der Waals surface area contributed by atoms with Gasteiger partial charge in [-0.25, -0.2) is 9.78 Å². The van der Waals surface area contributed by atoms with Crippen molar-refractivity contribution >= 4 is 45.7 Å². The zero-order valence-electron chi connectivity index (χ0n) is 14.3. The predicted octanol–water partition coefficient (Wildman–Crippen LogP) is 4.75. The lowest BCUT2D eigenvalue weighted by Gasteiger charge is -2.21. The highest BCUT2D eigenvalue weighted by Gasteiger charge is 2.17. The summed E-state index contributed by atoms with van der Waals surface area (Å²) in [6.45, 7) is 0.689. The molecule has 26 heavy (non-hydrogen) atoms. The summed E-state index contributed by atoms with van der Waals surface area (Å²) < 4.78 is 0. The van der Waals surface area contributed by atoms with Crippen molar-refractivity contribution < 1.29 is 9.59 Å². The number of amides is 3. The van der Waals surface area contributed by atoms with E-state index in [1.807, 2.05) is 0 Å². The molecule has 0 bridgehead atoms. The van der Waals surface area contributed by atoms with Crippen molar-refractivity contribution in [2.75, 3.05) is 17.2 Å². The van der Waals surface area contributed by atoms with Gasteiger partial charge in [-0.15, -0.1) is 11.3 Å². The van der Waals surface area contributed by atoms with Crippen LogP contribution in [0.5, 0.6) is 0 Å². The highest BCUT2D eigenvalue weighted by Crippen LogP contribution is 2.23. The highest BCUT2D eigenvalue weighted by atomic mass is 35.5. The van der Waals surface area contributed by atoms with E-state index >= 15 is 0 Å². The normalized spacial score (nSPS) is 14.7. The van der Waals surface area contributed by atoms with Gasteiger partial charge in [0, 0.05) is 22.6 Å². The van der Waals surface area contributed by atoms with Gasteiger partial charge in [-0.05, 0) is 37.0 Å². The third-order valence-electron chi connectivity index (χ3n) is 4.32. The summed E-state index contributed by atoms with van der Waals surface area (Å²) in [5, 5.41) is 10.8. The van der Waals surface area contributed by atoms with E-state index in [0.717, 1.165) is 0 Å². The molecule has 1 heterocycles. The molecule has 0 saturated heterocycles. The second-order valence-corrected chi connectivity index (χ2v) is 7.64. The molecule has 6 nitrogen and oxygen atoms in total. The van der Waals surface area contributed by atoms with Crippen molar-refractivity contribution in [1.82, 2.24) is 10.3 Å². The lowest BCUT2D eigenvalue weighted by atomic mass is 9.89. The average Bonchev–Trinajstić information content (AvgIpc) is 3.09. The molecule has 2 aromatic rings. The van der Waals surface area contributed by atoms with E-state index in [9.17, 15) is 9.59 Å². The van der Waals surface area contributed by atoms with Crippen molar-refractivity contribution in [1.29, 1.82) is 0 Å². The van der Waals surface area contributed by atoms with E-state index in [1.54, 1.807) is 29.6 Å². The number of thiazole rings is 1. The molecule has 3 N–H and O–H groups in total. The molecule has 1 aliphatic rings. The first-order valence-electron chi connectivity index (χ1n) is 8.67. The minimum absolute atomic E-state index is 0.199. The van der Waals surface area contributed by atoms with Gasteiger partial charge in [-0.2, -0.15) is 0 Å². The maximum atomic E-state index is 12.2. The third-order valence-corrected chi connectivity index (χ3v) is 5.31. The van der Waals surface area contributed by atoms with Gasteiger partial charge in [0.25, 0.3) is 5.91 Å². The fraction of sp³-hybridized carbons (Fsp3) is 0.389. The largest absolute Gasteiger partial charge is 0.350 e. The molecule has 0 radical (unpaired) electrons. The number of carbonyl (C=O) groups is 2. The predicted molar refractivity (Wildman–Crippen MR) is 105 cm³/mol. The molecule has 0 spiro atoms. The fourth-order valence-corrected chi connectivity index (χ4v) is 3.86. The van der Waals surface area contributed by atoms with Crippen LogP contribution in [0.15, 0.2) is 29.6 Å². The van der Waals surface area contributed by atoms with Gasteiger partial charge < -0.3 is 10.6 Å². The van der Waals surface area contributed by atoms with Crippen LogP contribution in [0, 0.1) is 5.92 Å². The van der Waals surface area contributed by atoms with Gasteiger partial charge in [-0.1, -0.05) is 36.9 Å². The van der Waals surface area contributed by atoms with Crippen LogP contribution >= 0.6 is 22.9 Å². The number of hydrogen-bond donors (Lipinski definition) is 3. The first-order valence-corrected chi connectivity index (χ1v) is 9.93. The van der Waals surface area contributed by atoms with Gasteiger partial charge in [0.05, 0.1) is 0 Å². The number of carbonyl (C=O) groups excluding carboxylic acids is 2. The third kappa shape index (κ3) is 5.44. The average molecular weight is 393 g/mol. The van der Waals surface area contributed by atoms with E-state index in [-0.39, 0.29) is 5.91 Å². The van der Waals surface area contributed by atoms with Crippen molar-refractivity contribution in [3.8, 4) is 0 Å². The molecule has 1 aliphatic carbocycles. The molecule has 8 heteroatoms. The lowest BCUT2D eigenvalue weighted by molar-refractivity contribution is 0.0939. The summed E-state index contributed by atoms with van der Waals surface area (Å²) in [5.41, 5.74) is 0.904. The SMILES string of the molecule is O=C(Nc1cccc(Cl)c1)Nc1nc(C(=O)NCC2CCCCC2)cs1. The molecule has 3 amide bonds. The van der Waals surface area contributed by atoms with E-state index in [2.05, 4.69) is 20.9 Å². The van der Waals surface area contributed by atoms with Crippen LogP contribution in [-0.4, -0.2) is 23.5 Å². The molecule has 138 valence electrons. The molecule has 1 aromatic carbocycles. The molecule has 1 saturated carbocycles. The maximum absolute atomic E-state index is 12.2. The second-order valence-electron chi connectivity index (χ2n) is 6.34. The smallest absolute Gasteiger partial charge is 0.325 e. The van der Waals surface area contributed by atoms with Gasteiger partial charge in [-0.3, -0.25) is 10.1 Å². The molecule has 3 rings (SSSR count). The number of anilines is 2. The number of halogens is 1. The Kier molecular flexibility index (Phi) is 6.46. The topological polar surface area (TPSA) is 83.1 Å². The Morgan fingerprint density at radius 3 is 2.77 bits per heavy atom. The quantitative estimate of drug-likeness (QED) is 0.686. The second kappa shape index (κ2) is 9.00. The number of nitrogens with zero attached hydrogens (tertiary/aromatic N) is 1. The van der Waals surface area contributed by atoms with Crippen LogP contribution in [-0.2, 0) is 0 Å². The molecular formula is C18H21ClN4O2S. The standard InChI is InChI=1S/C18H21ClN4O2S/c19-13-7-4-8-14(9-13)21-17(25)23-18-22-15(11-26-18)16(24)20-10-12-5-2-1-3-6-12/h4,7-9,11-12H,1-3,5-6,10H2,(H,20,24)(H2,21,22,23,25). The van der Waals surface area contributed by atoms with Crippen LogP contribution in [0.2, 0.25) is 5.02 Å². The van der Waals surface area contributed by atoms with Crippen molar-refractivity contribution in [3.63, 3.8) is 0 Å². The summed E-state index contributed by atoms with van der Waals surface area (Å²) in [5.74, 6) is 0.363. The molecule has 1 fully saturated rings. The summed E-state index contributed by atoms with van der Waals surface area (Å²) >= 11 is 7.10. The zero-order chi connectivity index (χ0) is 18.4. The Balaban J connectivity index is 1.48. The van der Waals surface area contributed by atoms with E-state index in [0.29, 0.717) is 34.0 Å². The first kappa shape index (κ1) is 18.7. The Morgan fingerprint density at radius 1 is 1.19 bits per heavy atom. The number of urea groups is 1. The Labute approximate surface area is 161 Å². The molecule has 1 aromatic heterocycles. The van der Waals surface area contributed by atoms with E-state index in [4.69, 9.17) is 11.6 Å². The summed E-state index contributed by atoms with van der Waals surface area (Å²) in [6, 6.07) is 6.42. The zero-order valence-corrected chi connectivity index (χ0v) is 15.8. The highest BCUT2D eigenvalue weighted by molar-refractivity contribution is 7.14. The summed E-state index contributed by atoms with van der Waals surface area (Å²) in [6.07, 6.45) is 6.13. The monoisotopic (exact) mass is 392 g/mol. The minimum atomic E-state index is -0.434. The molecule has 0 atom stereocenters. The molecule has 0 unspecified atom stereocenters. The van der Waals surface area contributed by atoms with Crippen LogP contribution in [0.4, 0.5) is 15.6 Å². The fourth-order valence-electron chi connectivity index (χ4n) is 2.98. The van der Waals surface area contributed by atoms with Gasteiger partial charge in [0.2, 0.25) is 0 Å². The summed E-state index contributed by atoms with van der Waals surface area (Å²) in [7, 11) is 0. The van der Waals surface area contributed by atoms with Crippen molar-refractivity contribution in [2.45, 2.75) is 32.1 Å². The van der Waals surface area contributed by atoms with Gasteiger partial charge in [0.1, 0.15) is 5.69 Å². The minimum Gasteiger partial charge on any atom is -0.350 e. The number of benzene rings is 1. The Hall–Kier alpha value is -2.12. The van der Waals surface area contributed by atoms with Crippen LogP contribution in [0.25, 0.3) is 0 Å². The van der Waals surface area contributed by atoms with Gasteiger partial charge >= 0.3 is 6.03 Å². The molecule has 0 aliphatic heterocycles. The number of aromatic nitrogens is 1. The Morgan fingerprint density at radius 2 is 2.00 bits per heavy atom.